The van der Waals surface area contributed by atoms with Gasteiger partial charge in [-0.25, -0.2) is 0 Å². The fourth-order valence-electron chi connectivity index (χ4n) is 4.66. The van der Waals surface area contributed by atoms with Crippen LogP contribution >= 0.6 is 0 Å². The standard InChI is InChI=1S/C22H33NO/c1-2-3-4-5-6-17-7-8-19-14-20(10-9-18(19)13-17)21-11-12-22(23,15-21)16-24/h2,9-10,14,17,21,24H,1,3-8,11-13,15-16,23H2/t17-,21+,22-/m1/s1. The van der Waals surface area contributed by atoms with Gasteiger partial charge in [-0.3, -0.25) is 0 Å². The van der Waals surface area contributed by atoms with Crippen LogP contribution in [0.4, 0.5) is 0 Å². The smallest absolute Gasteiger partial charge is 0.0611 e. The first-order chi connectivity index (χ1) is 11.6. The van der Waals surface area contributed by atoms with Gasteiger partial charge in [-0.05, 0) is 79.9 Å². The number of aliphatic hydroxyl groups excluding tert-OH is 1. The van der Waals surface area contributed by atoms with Gasteiger partial charge in [0.2, 0.25) is 0 Å². The van der Waals surface area contributed by atoms with E-state index in [0.717, 1.165) is 31.6 Å². The van der Waals surface area contributed by atoms with Gasteiger partial charge < -0.3 is 10.8 Å². The minimum Gasteiger partial charge on any atom is -0.394 e. The molecule has 0 aliphatic heterocycles. The zero-order valence-corrected chi connectivity index (χ0v) is 15.0. The highest BCUT2D eigenvalue weighted by Gasteiger charge is 2.36. The molecule has 2 heteroatoms. The maximum Gasteiger partial charge on any atom is 0.0611 e. The van der Waals surface area contributed by atoms with E-state index in [9.17, 15) is 5.11 Å². The van der Waals surface area contributed by atoms with Gasteiger partial charge in [-0.15, -0.1) is 6.58 Å². The Morgan fingerprint density at radius 2 is 2.12 bits per heavy atom. The molecule has 0 unspecified atom stereocenters. The summed E-state index contributed by atoms with van der Waals surface area (Å²) in [5, 5.41) is 9.49. The molecule has 2 aliphatic rings. The molecule has 1 saturated carbocycles. The third-order valence-corrected chi connectivity index (χ3v) is 6.26. The Bertz CT molecular complexity index is 567. The molecule has 0 heterocycles. The van der Waals surface area contributed by atoms with Gasteiger partial charge in [-0.1, -0.05) is 37.1 Å². The van der Waals surface area contributed by atoms with Crippen molar-refractivity contribution in [2.75, 3.05) is 6.61 Å². The number of hydrogen-bond donors (Lipinski definition) is 2. The molecule has 1 fully saturated rings. The summed E-state index contributed by atoms with van der Waals surface area (Å²) in [6, 6.07) is 7.14. The molecule has 0 radical (unpaired) electrons. The van der Waals surface area contributed by atoms with Crippen LogP contribution in [0.5, 0.6) is 0 Å². The van der Waals surface area contributed by atoms with E-state index in [1.54, 1.807) is 11.1 Å². The molecule has 1 aromatic carbocycles. The summed E-state index contributed by atoms with van der Waals surface area (Å²) < 4.78 is 0. The van der Waals surface area contributed by atoms with E-state index >= 15 is 0 Å². The molecule has 2 nitrogen and oxygen atoms in total. The van der Waals surface area contributed by atoms with Crippen LogP contribution in [0.25, 0.3) is 0 Å². The maximum absolute atomic E-state index is 9.49. The number of allylic oxidation sites excluding steroid dienone is 1. The number of rotatable bonds is 7. The van der Waals surface area contributed by atoms with Crippen molar-refractivity contribution in [3.8, 4) is 0 Å². The fourth-order valence-corrected chi connectivity index (χ4v) is 4.66. The lowest BCUT2D eigenvalue weighted by Gasteiger charge is -2.26. The molecular weight excluding hydrogens is 294 g/mol. The molecular formula is C22H33NO. The van der Waals surface area contributed by atoms with E-state index in [4.69, 9.17) is 5.73 Å². The van der Waals surface area contributed by atoms with Crippen molar-refractivity contribution < 1.29 is 5.11 Å². The Balaban J connectivity index is 1.59. The Kier molecular flexibility index (Phi) is 5.78. The number of hydrogen-bond acceptors (Lipinski definition) is 2. The van der Waals surface area contributed by atoms with Crippen molar-refractivity contribution in [3.63, 3.8) is 0 Å². The Morgan fingerprint density at radius 3 is 2.88 bits per heavy atom. The van der Waals surface area contributed by atoms with Crippen molar-refractivity contribution in [2.45, 2.75) is 75.7 Å². The summed E-state index contributed by atoms with van der Waals surface area (Å²) in [5.41, 5.74) is 10.5. The predicted octanol–water partition coefficient (Wildman–Crippen LogP) is 4.50. The number of nitrogens with two attached hydrogens (primary N) is 1. The molecule has 3 N–H and O–H groups in total. The highest BCUT2D eigenvalue weighted by molar-refractivity contribution is 5.36. The van der Waals surface area contributed by atoms with Crippen LogP contribution in [0.15, 0.2) is 30.9 Å². The SMILES string of the molecule is C=CCCCC[C@@H]1CCc2cc([C@H]3CC[C@](N)(CO)C3)ccc2C1. The van der Waals surface area contributed by atoms with Gasteiger partial charge in [0.15, 0.2) is 0 Å². The second-order valence-corrected chi connectivity index (χ2v) is 8.17. The first-order valence-electron chi connectivity index (χ1n) is 9.76. The Morgan fingerprint density at radius 1 is 1.25 bits per heavy atom. The molecule has 132 valence electrons. The number of benzene rings is 1. The lowest BCUT2D eigenvalue weighted by atomic mass is 9.79. The highest BCUT2D eigenvalue weighted by atomic mass is 16.3. The van der Waals surface area contributed by atoms with Crippen molar-refractivity contribution in [2.24, 2.45) is 11.7 Å². The first-order valence-corrected chi connectivity index (χ1v) is 9.76. The van der Waals surface area contributed by atoms with Crippen LogP contribution in [0.3, 0.4) is 0 Å². The van der Waals surface area contributed by atoms with E-state index < -0.39 is 0 Å². The van der Waals surface area contributed by atoms with Gasteiger partial charge in [0.1, 0.15) is 0 Å². The van der Waals surface area contributed by atoms with Crippen LogP contribution in [0.1, 0.15) is 74.0 Å². The average Bonchev–Trinajstić information content (AvgIpc) is 3.01. The zero-order chi connectivity index (χ0) is 17.0. The molecule has 2 aliphatic carbocycles. The van der Waals surface area contributed by atoms with E-state index in [1.807, 2.05) is 6.08 Å². The average molecular weight is 328 g/mol. The lowest BCUT2D eigenvalue weighted by molar-refractivity contribution is 0.198. The summed E-state index contributed by atoms with van der Waals surface area (Å²) in [4.78, 5) is 0. The lowest BCUT2D eigenvalue weighted by Crippen LogP contribution is -2.40. The summed E-state index contributed by atoms with van der Waals surface area (Å²) in [6.07, 6.45) is 14.0. The van der Waals surface area contributed by atoms with Crippen LogP contribution in [-0.2, 0) is 12.8 Å². The Hall–Kier alpha value is -1.12. The van der Waals surface area contributed by atoms with Gasteiger partial charge >= 0.3 is 0 Å². The van der Waals surface area contributed by atoms with Crippen LogP contribution < -0.4 is 5.73 Å². The Labute approximate surface area is 147 Å². The fraction of sp³-hybridized carbons (Fsp3) is 0.636. The van der Waals surface area contributed by atoms with E-state index in [2.05, 4.69) is 24.8 Å². The molecule has 0 spiro atoms. The third-order valence-electron chi connectivity index (χ3n) is 6.26. The molecule has 3 atom stereocenters. The highest BCUT2D eigenvalue weighted by Crippen LogP contribution is 2.40. The molecule has 3 rings (SSSR count). The molecule has 0 bridgehead atoms. The van der Waals surface area contributed by atoms with E-state index in [-0.39, 0.29) is 12.1 Å². The maximum atomic E-state index is 9.49. The van der Waals surface area contributed by atoms with Gasteiger partial charge in [-0.2, -0.15) is 0 Å². The quantitative estimate of drug-likeness (QED) is 0.572. The predicted molar refractivity (Wildman–Crippen MR) is 101 cm³/mol. The van der Waals surface area contributed by atoms with E-state index in [1.165, 1.54) is 44.1 Å². The van der Waals surface area contributed by atoms with Gasteiger partial charge in [0.25, 0.3) is 0 Å². The largest absolute Gasteiger partial charge is 0.394 e. The monoisotopic (exact) mass is 327 g/mol. The van der Waals surface area contributed by atoms with Crippen molar-refractivity contribution in [3.05, 3.63) is 47.5 Å². The minimum atomic E-state index is -0.350. The summed E-state index contributed by atoms with van der Waals surface area (Å²) in [5.74, 6) is 1.40. The first kappa shape index (κ1) is 17.7. The zero-order valence-electron chi connectivity index (χ0n) is 15.0. The topological polar surface area (TPSA) is 46.2 Å². The number of aliphatic hydroxyl groups is 1. The number of fused-ring (bicyclic) bond motifs is 1. The van der Waals surface area contributed by atoms with Gasteiger partial charge in [0.05, 0.1) is 6.61 Å². The molecule has 1 aromatic rings. The molecule has 0 amide bonds. The summed E-state index contributed by atoms with van der Waals surface area (Å²) in [7, 11) is 0. The van der Waals surface area contributed by atoms with Crippen LogP contribution in [-0.4, -0.2) is 17.3 Å². The normalized spacial score (nSPS) is 29.4. The third kappa shape index (κ3) is 4.10. The van der Waals surface area contributed by atoms with Crippen molar-refractivity contribution in [1.82, 2.24) is 0 Å². The van der Waals surface area contributed by atoms with Crippen LogP contribution in [0, 0.1) is 5.92 Å². The van der Waals surface area contributed by atoms with Crippen LogP contribution in [0.2, 0.25) is 0 Å². The van der Waals surface area contributed by atoms with Crippen molar-refractivity contribution in [1.29, 1.82) is 0 Å². The molecule has 0 saturated heterocycles. The summed E-state index contributed by atoms with van der Waals surface area (Å²) in [6.45, 7) is 3.92. The second-order valence-electron chi connectivity index (χ2n) is 8.17. The van der Waals surface area contributed by atoms with Crippen molar-refractivity contribution >= 4 is 0 Å². The minimum absolute atomic E-state index is 0.113. The summed E-state index contributed by atoms with van der Waals surface area (Å²) >= 11 is 0. The second kappa shape index (κ2) is 7.84. The van der Waals surface area contributed by atoms with E-state index in [0.29, 0.717) is 5.92 Å². The number of unbranched alkanes of at least 4 members (excludes halogenated alkanes) is 2. The molecule has 24 heavy (non-hydrogen) atoms. The number of aryl methyl sites for hydroxylation is 1. The van der Waals surface area contributed by atoms with Gasteiger partial charge in [0, 0.05) is 5.54 Å². The molecule has 0 aromatic heterocycles.